The maximum atomic E-state index is 14.0. The summed E-state index contributed by atoms with van der Waals surface area (Å²) in [5.74, 6) is -0.111. The van der Waals surface area contributed by atoms with Crippen molar-refractivity contribution in [3.05, 3.63) is 16.4 Å². The number of alkyl halides is 3. The summed E-state index contributed by atoms with van der Waals surface area (Å²) in [6.07, 6.45) is -3.78. The summed E-state index contributed by atoms with van der Waals surface area (Å²) in [4.78, 5) is 32.7. The van der Waals surface area contributed by atoms with Gasteiger partial charge in [-0.2, -0.15) is 18.2 Å². The van der Waals surface area contributed by atoms with Crippen LogP contribution in [0.3, 0.4) is 0 Å². The molecule has 0 amide bonds. The molecule has 2 bridgehead atoms. The van der Waals surface area contributed by atoms with Gasteiger partial charge in [0.05, 0.1) is 31.8 Å². The molecule has 0 N–H and O–H groups in total. The molecule has 1 aromatic heterocycles. The van der Waals surface area contributed by atoms with Crippen LogP contribution in [-0.2, 0) is 16.1 Å². The SMILES string of the molecule is CC(C)(C)C(=O)CN1c2nc(N3C[C@@H]4C[C@H]3CO4)cc(=O)n2C[C@@]1(C)C(F)(F)F. The average molecular weight is 414 g/mol. The highest BCUT2D eigenvalue weighted by Crippen LogP contribution is 2.44. The summed E-state index contributed by atoms with van der Waals surface area (Å²) in [6, 6.07) is 1.35. The second kappa shape index (κ2) is 6.20. The maximum Gasteiger partial charge on any atom is 0.413 e. The Morgan fingerprint density at radius 1 is 1.34 bits per heavy atom. The van der Waals surface area contributed by atoms with Crippen LogP contribution in [0.4, 0.5) is 24.9 Å². The molecular weight excluding hydrogens is 389 g/mol. The number of carbonyl (C=O) groups excluding carboxylic acids is 1. The molecule has 2 saturated heterocycles. The van der Waals surface area contributed by atoms with E-state index < -0.39 is 35.8 Å². The van der Waals surface area contributed by atoms with E-state index in [0.29, 0.717) is 19.0 Å². The molecule has 0 spiro atoms. The lowest BCUT2D eigenvalue weighted by molar-refractivity contribution is -0.182. The summed E-state index contributed by atoms with van der Waals surface area (Å²) in [5, 5.41) is 0. The molecule has 29 heavy (non-hydrogen) atoms. The summed E-state index contributed by atoms with van der Waals surface area (Å²) < 4.78 is 48.7. The van der Waals surface area contributed by atoms with E-state index in [1.807, 2.05) is 4.90 Å². The Balaban J connectivity index is 1.78. The number of hydrogen-bond acceptors (Lipinski definition) is 6. The third kappa shape index (κ3) is 3.12. The number of morpholine rings is 1. The lowest BCUT2D eigenvalue weighted by Crippen LogP contribution is -2.58. The van der Waals surface area contributed by atoms with Crippen LogP contribution >= 0.6 is 0 Å². The van der Waals surface area contributed by atoms with Gasteiger partial charge in [-0.25, -0.2) is 0 Å². The molecule has 0 aliphatic carbocycles. The van der Waals surface area contributed by atoms with Crippen LogP contribution in [0.15, 0.2) is 10.9 Å². The highest BCUT2D eigenvalue weighted by atomic mass is 19.4. The van der Waals surface area contributed by atoms with E-state index in [2.05, 4.69) is 4.98 Å². The Morgan fingerprint density at radius 3 is 2.55 bits per heavy atom. The topological polar surface area (TPSA) is 67.7 Å². The lowest BCUT2D eigenvalue weighted by atomic mass is 9.89. The first-order valence-corrected chi connectivity index (χ1v) is 9.69. The predicted molar refractivity (Wildman–Crippen MR) is 100 cm³/mol. The molecule has 0 unspecified atom stereocenters. The van der Waals surface area contributed by atoms with Crippen LogP contribution < -0.4 is 15.4 Å². The van der Waals surface area contributed by atoms with E-state index in [0.717, 1.165) is 22.8 Å². The lowest BCUT2D eigenvalue weighted by Gasteiger charge is -2.37. The van der Waals surface area contributed by atoms with Gasteiger partial charge in [-0.15, -0.1) is 0 Å². The predicted octanol–water partition coefficient (Wildman–Crippen LogP) is 1.98. The third-order valence-electron chi connectivity index (χ3n) is 6.22. The molecule has 0 saturated carbocycles. The van der Waals surface area contributed by atoms with Crippen LogP contribution in [0, 0.1) is 5.41 Å². The fraction of sp³-hybridized carbons (Fsp3) is 0.737. The molecule has 2 fully saturated rings. The number of hydrogen-bond donors (Lipinski definition) is 0. The van der Waals surface area contributed by atoms with Gasteiger partial charge in [-0.1, -0.05) is 20.8 Å². The minimum absolute atomic E-state index is 0.0526. The van der Waals surface area contributed by atoms with E-state index in [-0.39, 0.29) is 23.9 Å². The van der Waals surface area contributed by atoms with Crippen molar-refractivity contribution in [2.24, 2.45) is 5.41 Å². The van der Waals surface area contributed by atoms with Gasteiger partial charge in [0, 0.05) is 18.0 Å². The Kier molecular flexibility index (Phi) is 4.31. The largest absolute Gasteiger partial charge is 0.413 e. The van der Waals surface area contributed by atoms with Crippen molar-refractivity contribution in [3.8, 4) is 0 Å². The molecule has 3 aliphatic rings. The number of ether oxygens (including phenoxy) is 1. The number of halogens is 3. The van der Waals surface area contributed by atoms with Gasteiger partial charge in [0.15, 0.2) is 11.3 Å². The van der Waals surface area contributed by atoms with E-state index in [1.54, 1.807) is 20.8 Å². The molecule has 10 heteroatoms. The van der Waals surface area contributed by atoms with E-state index in [9.17, 15) is 22.8 Å². The molecule has 160 valence electrons. The molecule has 4 rings (SSSR count). The number of ketones is 1. The first-order chi connectivity index (χ1) is 13.3. The zero-order valence-corrected chi connectivity index (χ0v) is 16.9. The minimum atomic E-state index is -4.65. The van der Waals surface area contributed by atoms with Crippen molar-refractivity contribution in [3.63, 3.8) is 0 Å². The first-order valence-electron chi connectivity index (χ1n) is 9.69. The number of Topliss-reactive ketones (excluding diaryl/α,β-unsaturated/α-hetero) is 1. The fourth-order valence-corrected chi connectivity index (χ4v) is 4.15. The van der Waals surface area contributed by atoms with Crippen molar-refractivity contribution in [1.82, 2.24) is 9.55 Å². The van der Waals surface area contributed by atoms with E-state index in [1.165, 1.54) is 6.07 Å². The maximum absolute atomic E-state index is 14.0. The zero-order valence-electron chi connectivity index (χ0n) is 16.9. The smallest absolute Gasteiger partial charge is 0.374 e. The molecule has 3 atom stereocenters. The Bertz CT molecular complexity index is 907. The summed E-state index contributed by atoms with van der Waals surface area (Å²) in [7, 11) is 0. The zero-order chi connectivity index (χ0) is 21.4. The van der Waals surface area contributed by atoms with Crippen molar-refractivity contribution in [2.45, 2.75) is 64.5 Å². The molecule has 7 nitrogen and oxygen atoms in total. The molecule has 4 heterocycles. The molecule has 0 aromatic carbocycles. The van der Waals surface area contributed by atoms with Crippen LogP contribution in [0.25, 0.3) is 0 Å². The van der Waals surface area contributed by atoms with Crippen molar-refractivity contribution in [1.29, 1.82) is 0 Å². The summed E-state index contributed by atoms with van der Waals surface area (Å²) in [6.45, 7) is 6.00. The second-order valence-electron chi connectivity index (χ2n) is 9.37. The molecular formula is C19H25F3N4O3. The van der Waals surface area contributed by atoms with Gasteiger partial charge in [0.1, 0.15) is 5.82 Å². The number of anilines is 2. The summed E-state index contributed by atoms with van der Waals surface area (Å²) >= 11 is 0. The van der Waals surface area contributed by atoms with Gasteiger partial charge in [0.2, 0.25) is 5.95 Å². The van der Waals surface area contributed by atoms with Crippen LogP contribution in [0.2, 0.25) is 0 Å². The first kappa shape index (κ1) is 20.2. The van der Waals surface area contributed by atoms with E-state index >= 15 is 0 Å². The van der Waals surface area contributed by atoms with Crippen LogP contribution in [-0.4, -0.2) is 58.9 Å². The Labute approximate surface area is 166 Å². The average Bonchev–Trinajstić information content (AvgIpc) is 3.28. The van der Waals surface area contributed by atoms with Crippen molar-refractivity contribution < 1.29 is 22.7 Å². The van der Waals surface area contributed by atoms with Crippen molar-refractivity contribution >= 4 is 17.5 Å². The minimum Gasteiger partial charge on any atom is -0.374 e. The van der Waals surface area contributed by atoms with Gasteiger partial charge < -0.3 is 14.5 Å². The normalized spacial score (nSPS) is 28.9. The highest BCUT2D eigenvalue weighted by Gasteiger charge is 2.60. The Morgan fingerprint density at radius 2 is 2.03 bits per heavy atom. The fourth-order valence-electron chi connectivity index (χ4n) is 4.15. The third-order valence-corrected chi connectivity index (χ3v) is 6.22. The number of carbonyl (C=O) groups is 1. The number of rotatable bonds is 3. The quantitative estimate of drug-likeness (QED) is 0.754. The Hall–Kier alpha value is -2.10. The van der Waals surface area contributed by atoms with Gasteiger partial charge in [-0.05, 0) is 13.3 Å². The summed E-state index contributed by atoms with van der Waals surface area (Å²) in [5.41, 5.74) is -3.75. The standard InChI is InChI=1S/C19H25F3N4O3/c1-17(2,3)13(27)8-26-16-23-14(24-7-12-5-11(24)9-29-12)6-15(28)25(16)10-18(26,4)19(20,21)22/h6,11-12H,5,7-10H2,1-4H3/t11-,12-,18-/m0/s1. The number of fused-ring (bicyclic) bond motifs is 3. The van der Waals surface area contributed by atoms with Crippen LogP contribution in [0.5, 0.6) is 0 Å². The number of aromatic nitrogens is 2. The molecule has 1 aromatic rings. The van der Waals surface area contributed by atoms with Gasteiger partial charge in [-0.3, -0.25) is 14.2 Å². The number of nitrogens with zero attached hydrogens (tertiary/aromatic N) is 4. The molecule has 0 radical (unpaired) electrons. The van der Waals surface area contributed by atoms with Crippen molar-refractivity contribution in [2.75, 3.05) is 29.5 Å². The highest BCUT2D eigenvalue weighted by molar-refractivity contribution is 5.88. The monoisotopic (exact) mass is 414 g/mol. The van der Waals surface area contributed by atoms with Gasteiger partial charge in [0.25, 0.3) is 5.56 Å². The van der Waals surface area contributed by atoms with Crippen LogP contribution in [0.1, 0.15) is 34.1 Å². The second-order valence-corrected chi connectivity index (χ2v) is 9.37. The van der Waals surface area contributed by atoms with Gasteiger partial charge >= 0.3 is 6.18 Å². The van der Waals surface area contributed by atoms with E-state index in [4.69, 9.17) is 4.74 Å². The molecule has 3 aliphatic heterocycles.